The molecule has 2 aromatic carbocycles. The number of hydrogen-bond donors (Lipinski definition) is 3. The van der Waals surface area contributed by atoms with E-state index in [1.54, 1.807) is 18.3 Å². The number of rotatable bonds is 8. The third-order valence-corrected chi connectivity index (χ3v) is 9.28. The third-order valence-electron chi connectivity index (χ3n) is 7.96. The van der Waals surface area contributed by atoms with Gasteiger partial charge in [0.05, 0.1) is 34.5 Å². The molecule has 0 bridgehead atoms. The average molecular weight is 651 g/mol. The third kappa shape index (κ3) is 5.55. The van der Waals surface area contributed by atoms with E-state index < -0.39 is 17.7 Å². The summed E-state index contributed by atoms with van der Waals surface area (Å²) in [5.74, 6) is -0.750. The predicted octanol–water partition coefficient (Wildman–Crippen LogP) is 5.80. The summed E-state index contributed by atoms with van der Waals surface area (Å²) in [7, 11) is 3.83. The van der Waals surface area contributed by atoms with Gasteiger partial charge in [-0.2, -0.15) is 15.2 Å². The first-order valence-corrected chi connectivity index (χ1v) is 15.2. The standard InChI is InChI=1S/C31H29ClF2N8O2S/c1-14(15-5-4-8-38-28(15)36)11-39-30-17-9-19(32)24(16-6-7-20(33)27-23(16)18(10-35)29(37)45-27)25(34)26(17)40-31(41-30)44-22-13-43-12-21(22)42(2)3/h4-9,14,21-22H,11-13,37H2,1-3H3,(H2,36,38)(H,39,40,41)/t14-,21+,22-/m0/s1. The van der Waals surface area contributed by atoms with Gasteiger partial charge in [-0.25, -0.2) is 13.8 Å². The van der Waals surface area contributed by atoms with Crippen molar-refractivity contribution >= 4 is 60.6 Å². The number of halogens is 3. The molecule has 6 rings (SSSR count). The van der Waals surface area contributed by atoms with Crippen LogP contribution in [0.15, 0.2) is 36.5 Å². The molecule has 1 saturated heterocycles. The second kappa shape index (κ2) is 12.2. The zero-order valence-electron chi connectivity index (χ0n) is 24.6. The van der Waals surface area contributed by atoms with Crippen molar-refractivity contribution in [1.82, 2.24) is 19.9 Å². The van der Waals surface area contributed by atoms with Gasteiger partial charge in [0.2, 0.25) is 0 Å². The topological polar surface area (TPSA) is 148 Å². The Hall–Kier alpha value is -4.35. The van der Waals surface area contributed by atoms with E-state index in [-0.39, 0.29) is 60.3 Å². The highest BCUT2D eigenvalue weighted by Gasteiger charge is 2.33. The Bertz CT molecular complexity index is 1980. The number of fused-ring (bicyclic) bond motifs is 2. The van der Waals surface area contributed by atoms with Crippen LogP contribution in [0.3, 0.4) is 0 Å². The summed E-state index contributed by atoms with van der Waals surface area (Å²) in [6.07, 6.45) is 1.22. The smallest absolute Gasteiger partial charge is 0.319 e. The number of anilines is 3. The van der Waals surface area contributed by atoms with E-state index in [4.69, 9.17) is 32.5 Å². The zero-order valence-corrected chi connectivity index (χ0v) is 26.1. The predicted molar refractivity (Wildman–Crippen MR) is 173 cm³/mol. The van der Waals surface area contributed by atoms with Crippen LogP contribution < -0.4 is 21.5 Å². The second-order valence-corrected chi connectivity index (χ2v) is 12.5. The minimum atomic E-state index is -0.786. The van der Waals surface area contributed by atoms with Crippen LogP contribution in [0.25, 0.3) is 32.1 Å². The molecule has 10 nitrogen and oxygen atoms in total. The summed E-state index contributed by atoms with van der Waals surface area (Å²) in [4.78, 5) is 15.3. The Labute approximate surface area is 266 Å². The molecule has 0 amide bonds. The highest BCUT2D eigenvalue weighted by atomic mass is 35.5. The van der Waals surface area contributed by atoms with Crippen LogP contribution in [0.5, 0.6) is 6.01 Å². The Morgan fingerprint density at radius 1 is 1.24 bits per heavy atom. The van der Waals surface area contributed by atoms with Gasteiger partial charge in [0.15, 0.2) is 5.82 Å². The number of likely N-dealkylation sites (N-methyl/N-ethyl adjacent to an activating group) is 1. The van der Waals surface area contributed by atoms with Gasteiger partial charge >= 0.3 is 6.01 Å². The first kappa shape index (κ1) is 30.7. The van der Waals surface area contributed by atoms with Gasteiger partial charge in [-0.15, -0.1) is 11.3 Å². The number of nitriles is 1. The fourth-order valence-electron chi connectivity index (χ4n) is 5.58. The van der Waals surface area contributed by atoms with E-state index in [1.165, 1.54) is 12.1 Å². The maximum absolute atomic E-state index is 16.8. The molecule has 0 aliphatic carbocycles. The molecule has 5 aromatic rings. The van der Waals surface area contributed by atoms with E-state index in [9.17, 15) is 9.65 Å². The normalized spacial score (nSPS) is 17.2. The summed E-state index contributed by atoms with van der Waals surface area (Å²) < 4.78 is 43.5. The van der Waals surface area contributed by atoms with Gasteiger partial charge in [0.25, 0.3) is 0 Å². The van der Waals surface area contributed by atoms with Crippen molar-refractivity contribution in [2.45, 2.75) is 25.0 Å². The molecular formula is C31H29ClF2N8O2S. The summed E-state index contributed by atoms with van der Waals surface area (Å²) >= 11 is 7.68. The van der Waals surface area contributed by atoms with Crippen molar-refractivity contribution < 1.29 is 18.3 Å². The first-order valence-electron chi connectivity index (χ1n) is 14.0. The Morgan fingerprint density at radius 3 is 2.78 bits per heavy atom. The first-order chi connectivity index (χ1) is 21.6. The molecule has 3 aromatic heterocycles. The van der Waals surface area contributed by atoms with Gasteiger partial charge in [-0.3, -0.25) is 0 Å². The monoisotopic (exact) mass is 650 g/mol. The Morgan fingerprint density at radius 2 is 2.04 bits per heavy atom. The highest BCUT2D eigenvalue weighted by Crippen LogP contribution is 2.45. The quantitative estimate of drug-likeness (QED) is 0.188. The lowest BCUT2D eigenvalue weighted by molar-refractivity contribution is 0.117. The van der Waals surface area contributed by atoms with Crippen molar-refractivity contribution in [3.8, 4) is 23.2 Å². The van der Waals surface area contributed by atoms with Crippen LogP contribution in [0, 0.1) is 23.0 Å². The number of aromatic nitrogens is 3. The number of nitrogens with one attached hydrogen (secondary N) is 1. The van der Waals surface area contributed by atoms with Gasteiger partial charge in [0.1, 0.15) is 40.1 Å². The molecule has 1 aliphatic heterocycles. The minimum absolute atomic E-state index is 0.0169. The number of hydrogen-bond acceptors (Lipinski definition) is 11. The molecule has 232 valence electrons. The number of nitrogens with zero attached hydrogens (tertiary/aromatic N) is 5. The number of benzene rings is 2. The molecule has 3 atom stereocenters. The van der Waals surface area contributed by atoms with Crippen LogP contribution in [0.4, 0.5) is 25.4 Å². The van der Waals surface area contributed by atoms with Crippen LogP contribution >= 0.6 is 22.9 Å². The Kier molecular flexibility index (Phi) is 8.32. The molecule has 4 heterocycles. The van der Waals surface area contributed by atoms with Gasteiger partial charge < -0.3 is 31.2 Å². The molecule has 0 radical (unpaired) electrons. The molecule has 0 unspecified atom stereocenters. The molecule has 14 heteroatoms. The SMILES string of the molecule is C[C@@H](CNc1nc(O[C@H]2COC[C@H]2N(C)C)nc2c(F)c(-c3ccc(F)c4sc(N)c(C#N)c34)c(Cl)cc12)c1cccnc1N. The van der Waals surface area contributed by atoms with Crippen molar-refractivity contribution in [1.29, 1.82) is 5.26 Å². The lowest BCUT2D eigenvalue weighted by Gasteiger charge is -2.24. The lowest BCUT2D eigenvalue weighted by atomic mass is 9.97. The van der Waals surface area contributed by atoms with Crippen LogP contribution in [0.2, 0.25) is 5.02 Å². The number of ether oxygens (including phenoxy) is 2. The molecule has 0 spiro atoms. The average Bonchev–Trinajstić information content (AvgIpc) is 3.61. The van der Waals surface area contributed by atoms with Gasteiger partial charge in [-0.1, -0.05) is 30.7 Å². The van der Waals surface area contributed by atoms with Crippen LogP contribution in [-0.4, -0.2) is 65.9 Å². The van der Waals surface area contributed by atoms with Gasteiger partial charge in [-0.05, 0) is 43.4 Å². The van der Waals surface area contributed by atoms with Crippen LogP contribution in [0.1, 0.15) is 24.0 Å². The summed E-state index contributed by atoms with van der Waals surface area (Å²) in [5, 5.41) is 13.7. The van der Waals surface area contributed by atoms with E-state index in [1.807, 2.05) is 38.1 Å². The molecule has 1 aliphatic rings. The van der Waals surface area contributed by atoms with E-state index in [0.29, 0.717) is 36.8 Å². The summed E-state index contributed by atoms with van der Waals surface area (Å²) in [5.41, 5.74) is 13.1. The number of nitrogens with two attached hydrogens (primary N) is 2. The molecular weight excluding hydrogens is 622 g/mol. The largest absolute Gasteiger partial charge is 0.456 e. The van der Waals surface area contributed by atoms with Crippen molar-refractivity contribution in [2.24, 2.45) is 0 Å². The fourth-order valence-corrected chi connectivity index (χ4v) is 6.82. The maximum atomic E-state index is 16.8. The maximum Gasteiger partial charge on any atom is 0.319 e. The van der Waals surface area contributed by atoms with E-state index in [0.717, 1.165) is 16.9 Å². The number of pyridine rings is 1. The van der Waals surface area contributed by atoms with Crippen LogP contribution in [-0.2, 0) is 4.74 Å². The van der Waals surface area contributed by atoms with Crippen molar-refractivity contribution in [2.75, 3.05) is 50.6 Å². The van der Waals surface area contributed by atoms with Crippen molar-refractivity contribution in [3.05, 3.63) is 64.3 Å². The van der Waals surface area contributed by atoms with E-state index >= 15 is 4.39 Å². The molecule has 45 heavy (non-hydrogen) atoms. The fraction of sp³-hybridized carbons (Fsp3) is 0.290. The molecule has 5 N–H and O–H groups in total. The van der Waals surface area contributed by atoms with E-state index in [2.05, 4.69) is 20.3 Å². The Balaban J connectivity index is 1.50. The number of nitrogen functional groups attached to an aromatic ring is 2. The number of thiophene rings is 1. The summed E-state index contributed by atoms with van der Waals surface area (Å²) in [6.45, 7) is 3.11. The molecule has 0 saturated carbocycles. The highest BCUT2D eigenvalue weighted by molar-refractivity contribution is 7.23. The zero-order chi connectivity index (χ0) is 32.0. The summed E-state index contributed by atoms with van der Waals surface area (Å²) in [6, 6.07) is 9.71. The second-order valence-electron chi connectivity index (χ2n) is 11.0. The van der Waals surface area contributed by atoms with Crippen molar-refractivity contribution in [3.63, 3.8) is 0 Å². The van der Waals surface area contributed by atoms with Gasteiger partial charge in [0, 0.05) is 35.0 Å². The lowest BCUT2D eigenvalue weighted by Crippen LogP contribution is -2.41. The minimum Gasteiger partial charge on any atom is -0.456 e. The molecule has 1 fully saturated rings.